The van der Waals surface area contributed by atoms with Crippen LogP contribution in [0.15, 0.2) is 53.9 Å². The fourth-order valence-electron chi connectivity index (χ4n) is 4.77. The van der Waals surface area contributed by atoms with Gasteiger partial charge >= 0.3 is 0 Å². The van der Waals surface area contributed by atoms with Crippen LogP contribution in [-0.2, 0) is 9.59 Å². The molecule has 1 saturated carbocycles. The first-order valence-electron chi connectivity index (χ1n) is 11.9. The van der Waals surface area contributed by atoms with Crippen LogP contribution in [0.5, 0.6) is 5.75 Å². The smallest absolute Gasteiger partial charge is 0.268 e. The molecule has 2 aliphatic rings. The number of likely N-dealkylation sites (N-methyl/N-ethyl adjacent to an activating group) is 1. The van der Waals surface area contributed by atoms with Crippen LogP contribution >= 0.6 is 11.3 Å². The molecule has 0 N–H and O–H groups in total. The van der Waals surface area contributed by atoms with Crippen molar-refractivity contribution in [2.75, 3.05) is 18.5 Å². The molecule has 2 heterocycles. The monoisotopic (exact) mass is 475 g/mol. The van der Waals surface area contributed by atoms with E-state index in [1.54, 1.807) is 23.2 Å². The molecule has 1 aromatic heterocycles. The van der Waals surface area contributed by atoms with Crippen molar-refractivity contribution in [2.45, 2.75) is 51.2 Å². The number of rotatable bonds is 5. The number of aromatic nitrogens is 1. The summed E-state index contributed by atoms with van der Waals surface area (Å²) in [5, 5.41) is 2.96. The lowest BCUT2D eigenvalue weighted by Gasteiger charge is -2.36. The van der Waals surface area contributed by atoms with Crippen molar-refractivity contribution in [3.63, 3.8) is 0 Å². The minimum Gasteiger partial charge on any atom is -0.479 e. The van der Waals surface area contributed by atoms with Crippen molar-refractivity contribution in [3.05, 3.63) is 53.9 Å². The Kier molecular flexibility index (Phi) is 6.37. The van der Waals surface area contributed by atoms with Crippen LogP contribution in [0, 0.1) is 0 Å². The number of benzene rings is 2. The quantitative estimate of drug-likeness (QED) is 0.497. The van der Waals surface area contributed by atoms with Crippen LogP contribution < -0.4 is 9.64 Å². The second-order valence-corrected chi connectivity index (χ2v) is 9.93. The largest absolute Gasteiger partial charge is 0.479 e. The van der Waals surface area contributed by atoms with Crippen LogP contribution in [0.2, 0.25) is 0 Å². The zero-order valence-electron chi connectivity index (χ0n) is 19.6. The van der Waals surface area contributed by atoms with Crippen molar-refractivity contribution in [1.29, 1.82) is 0 Å². The molecule has 1 fully saturated rings. The summed E-state index contributed by atoms with van der Waals surface area (Å²) in [4.78, 5) is 34.5. The third kappa shape index (κ3) is 4.44. The molecular weight excluding hydrogens is 446 g/mol. The maximum atomic E-state index is 13.2. The summed E-state index contributed by atoms with van der Waals surface area (Å²) < 4.78 is 5.86. The Morgan fingerprint density at radius 3 is 2.65 bits per heavy atom. The van der Waals surface area contributed by atoms with Gasteiger partial charge in [0.15, 0.2) is 6.10 Å². The predicted molar refractivity (Wildman–Crippen MR) is 135 cm³/mol. The highest BCUT2D eigenvalue weighted by atomic mass is 32.1. The standard InChI is InChI=1S/C27H29N3O3S/c1-18-27(32)30(16-25(31)29(2)21-11-7-4-8-12-21)23-15-20(13-14-24(23)33-18)22-17-34-26(28-22)19-9-5-3-6-10-19/h3,5-6,9-10,13-15,17-18,21H,4,7-8,11-12,16H2,1-2H3. The predicted octanol–water partition coefficient (Wildman–Crippen LogP) is 5.38. The molecule has 0 radical (unpaired) electrons. The molecule has 2 aromatic carbocycles. The van der Waals surface area contributed by atoms with Gasteiger partial charge in [0.25, 0.3) is 5.91 Å². The van der Waals surface area contributed by atoms with Crippen LogP contribution in [0.4, 0.5) is 5.69 Å². The maximum absolute atomic E-state index is 13.2. The molecule has 7 heteroatoms. The van der Waals surface area contributed by atoms with E-state index in [4.69, 9.17) is 9.72 Å². The number of hydrogen-bond acceptors (Lipinski definition) is 5. The highest BCUT2D eigenvalue weighted by Crippen LogP contribution is 2.38. The van der Waals surface area contributed by atoms with E-state index in [1.165, 1.54) is 6.42 Å². The van der Waals surface area contributed by atoms with Crippen molar-refractivity contribution in [2.24, 2.45) is 0 Å². The summed E-state index contributed by atoms with van der Waals surface area (Å²) in [5.74, 6) is 0.381. The number of amides is 2. The van der Waals surface area contributed by atoms with Crippen molar-refractivity contribution in [3.8, 4) is 27.6 Å². The third-order valence-corrected chi connectivity index (χ3v) is 7.69. The highest BCUT2D eigenvalue weighted by Gasteiger charge is 2.34. The Bertz CT molecular complexity index is 1190. The van der Waals surface area contributed by atoms with Crippen molar-refractivity contribution in [1.82, 2.24) is 9.88 Å². The van der Waals surface area contributed by atoms with E-state index < -0.39 is 6.10 Å². The summed E-state index contributed by atoms with van der Waals surface area (Å²) in [6.45, 7) is 1.75. The summed E-state index contributed by atoms with van der Waals surface area (Å²) >= 11 is 1.58. The molecule has 0 saturated heterocycles. The lowest BCUT2D eigenvalue weighted by atomic mass is 9.94. The summed E-state index contributed by atoms with van der Waals surface area (Å²) in [6.07, 6.45) is 4.97. The first kappa shape index (κ1) is 22.6. The number of carbonyl (C=O) groups excluding carboxylic acids is 2. The number of anilines is 1. The second-order valence-electron chi connectivity index (χ2n) is 9.07. The SMILES string of the molecule is CC1Oc2ccc(-c3csc(-c4ccccc4)n3)cc2N(CC(=O)N(C)C2CCCCC2)C1=O. The van der Waals surface area contributed by atoms with E-state index in [-0.39, 0.29) is 24.4 Å². The van der Waals surface area contributed by atoms with Gasteiger partial charge in [0, 0.05) is 29.6 Å². The van der Waals surface area contributed by atoms with E-state index >= 15 is 0 Å². The molecule has 1 unspecified atom stereocenters. The lowest BCUT2D eigenvalue weighted by Crippen LogP contribution is -2.50. The van der Waals surface area contributed by atoms with E-state index in [9.17, 15) is 9.59 Å². The Morgan fingerprint density at radius 2 is 1.88 bits per heavy atom. The van der Waals surface area contributed by atoms with Crippen LogP contribution in [0.1, 0.15) is 39.0 Å². The van der Waals surface area contributed by atoms with Gasteiger partial charge in [-0.2, -0.15) is 0 Å². The fourth-order valence-corrected chi connectivity index (χ4v) is 5.60. The molecule has 5 rings (SSSR count). The maximum Gasteiger partial charge on any atom is 0.268 e. The molecule has 1 aliphatic heterocycles. The number of fused-ring (bicyclic) bond motifs is 1. The number of carbonyl (C=O) groups is 2. The van der Waals surface area contributed by atoms with Crippen LogP contribution in [0.3, 0.4) is 0 Å². The van der Waals surface area contributed by atoms with Crippen LogP contribution in [-0.4, -0.2) is 47.4 Å². The van der Waals surface area contributed by atoms with E-state index in [0.29, 0.717) is 11.4 Å². The first-order chi connectivity index (χ1) is 16.5. The average molecular weight is 476 g/mol. The minimum absolute atomic E-state index is 0.0162. The molecule has 2 amide bonds. The van der Waals surface area contributed by atoms with Gasteiger partial charge in [-0.05, 0) is 38.0 Å². The molecule has 3 aromatic rings. The van der Waals surface area contributed by atoms with Gasteiger partial charge in [-0.1, -0.05) is 49.6 Å². The summed E-state index contributed by atoms with van der Waals surface area (Å²) in [6, 6.07) is 16.1. The third-order valence-electron chi connectivity index (χ3n) is 6.80. The normalized spacial score (nSPS) is 18.4. The Hall–Kier alpha value is -3.19. The van der Waals surface area contributed by atoms with Gasteiger partial charge < -0.3 is 9.64 Å². The zero-order chi connectivity index (χ0) is 23.7. The van der Waals surface area contributed by atoms with Gasteiger partial charge in [-0.15, -0.1) is 11.3 Å². The van der Waals surface area contributed by atoms with E-state index in [2.05, 4.69) is 0 Å². The van der Waals surface area contributed by atoms with Gasteiger partial charge in [0.1, 0.15) is 17.3 Å². The van der Waals surface area contributed by atoms with Crippen molar-refractivity contribution < 1.29 is 14.3 Å². The minimum atomic E-state index is -0.630. The average Bonchev–Trinajstić information content (AvgIpc) is 3.37. The Balaban J connectivity index is 1.42. The molecular formula is C27H29N3O3S. The lowest BCUT2D eigenvalue weighted by molar-refractivity contribution is -0.134. The summed E-state index contributed by atoms with van der Waals surface area (Å²) in [5.41, 5.74) is 3.42. The molecule has 34 heavy (non-hydrogen) atoms. The van der Waals surface area contributed by atoms with E-state index in [1.807, 2.05) is 65.9 Å². The number of thiazole rings is 1. The Morgan fingerprint density at radius 1 is 1.12 bits per heavy atom. The molecule has 0 bridgehead atoms. The van der Waals surface area contributed by atoms with Crippen molar-refractivity contribution >= 4 is 28.8 Å². The summed E-state index contributed by atoms with van der Waals surface area (Å²) in [7, 11) is 1.87. The first-order valence-corrected chi connectivity index (χ1v) is 12.8. The van der Waals surface area contributed by atoms with E-state index in [0.717, 1.165) is 47.5 Å². The van der Waals surface area contributed by atoms with Gasteiger partial charge in [-0.25, -0.2) is 4.98 Å². The zero-order valence-corrected chi connectivity index (χ0v) is 20.4. The van der Waals surface area contributed by atoms with Crippen LogP contribution in [0.25, 0.3) is 21.8 Å². The highest BCUT2D eigenvalue weighted by molar-refractivity contribution is 7.13. The number of ether oxygens (including phenoxy) is 1. The van der Waals surface area contributed by atoms with Gasteiger partial charge in [0.05, 0.1) is 11.4 Å². The second kappa shape index (κ2) is 9.58. The molecule has 1 aliphatic carbocycles. The number of nitrogens with zero attached hydrogens (tertiary/aromatic N) is 3. The molecule has 1 atom stereocenters. The fraction of sp³-hybridized carbons (Fsp3) is 0.370. The topological polar surface area (TPSA) is 62.7 Å². The Labute approximate surface area is 204 Å². The molecule has 176 valence electrons. The van der Waals surface area contributed by atoms with Gasteiger partial charge in [0.2, 0.25) is 5.91 Å². The molecule has 6 nitrogen and oxygen atoms in total. The number of hydrogen-bond donors (Lipinski definition) is 0. The van der Waals surface area contributed by atoms with Gasteiger partial charge in [-0.3, -0.25) is 14.5 Å². The molecule has 0 spiro atoms.